The van der Waals surface area contributed by atoms with E-state index < -0.39 is 22.0 Å². The molecular weight excluding hydrogens is 453 g/mol. The van der Waals surface area contributed by atoms with E-state index in [2.05, 4.69) is 14.4 Å². The van der Waals surface area contributed by atoms with Crippen molar-refractivity contribution in [2.75, 3.05) is 11.8 Å². The summed E-state index contributed by atoms with van der Waals surface area (Å²) in [4.78, 5) is 0.662. The molecule has 12 heteroatoms. The summed E-state index contributed by atoms with van der Waals surface area (Å²) in [6.45, 7) is 3.14. The Morgan fingerprint density at radius 3 is 2.48 bits per heavy atom. The first-order valence-electron chi connectivity index (χ1n) is 7.94. The van der Waals surface area contributed by atoms with E-state index >= 15 is 0 Å². The van der Waals surface area contributed by atoms with E-state index in [1.54, 1.807) is 13.8 Å². The van der Waals surface area contributed by atoms with Crippen LogP contribution in [0.15, 0.2) is 33.7 Å². The molecule has 3 rings (SSSR count). The maximum Gasteiger partial charge on any atom is 0.452 e. The molecule has 29 heavy (non-hydrogen) atoms. The highest BCUT2D eigenvalue weighted by atomic mass is 35.5. The lowest BCUT2D eigenvalue weighted by molar-refractivity contribution is -0.155. The molecule has 0 fully saturated rings. The third-order valence-electron chi connectivity index (χ3n) is 3.93. The summed E-state index contributed by atoms with van der Waals surface area (Å²) < 4.78 is 76.8. The van der Waals surface area contributed by atoms with Crippen LogP contribution in [-0.4, -0.2) is 20.7 Å². The molecular formula is C17H14ClF3N2O4S2. The van der Waals surface area contributed by atoms with Crippen LogP contribution in [0.2, 0.25) is 5.02 Å². The van der Waals surface area contributed by atoms with Crippen molar-refractivity contribution >= 4 is 38.6 Å². The number of hydrogen-bond donors (Lipinski definition) is 1. The Bertz CT molecular complexity index is 1170. The Balaban J connectivity index is 2.12. The van der Waals surface area contributed by atoms with Gasteiger partial charge in [0.25, 0.3) is 10.0 Å². The minimum absolute atomic E-state index is 0.0419. The summed E-state index contributed by atoms with van der Waals surface area (Å²) >= 11 is 7.06. The van der Waals surface area contributed by atoms with Gasteiger partial charge < -0.3 is 9.26 Å². The van der Waals surface area contributed by atoms with Crippen molar-refractivity contribution in [1.82, 2.24) is 5.16 Å². The molecule has 0 aliphatic heterocycles. The lowest BCUT2D eigenvalue weighted by atomic mass is 10.1. The lowest BCUT2D eigenvalue weighted by Crippen LogP contribution is -2.15. The first-order chi connectivity index (χ1) is 13.4. The van der Waals surface area contributed by atoms with Crippen molar-refractivity contribution in [2.24, 2.45) is 0 Å². The molecule has 0 amide bonds. The molecule has 0 unspecified atom stereocenters. The summed E-state index contributed by atoms with van der Waals surface area (Å²) in [5, 5.41) is 3.70. The van der Waals surface area contributed by atoms with Crippen molar-refractivity contribution < 1.29 is 30.8 Å². The van der Waals surface area contributed by atoms with Gasteiger partial charge in [-0.1, -0.05) is 16.8 Å². The molecule has 3 aromatic rings. The van der Waals surface area contributed by atoms with E-state index in [0.29, 0.717) is 15.8 Å². The number of halogens is 4. The van der Waals surface area contributed by atoms with Crippen LogP contribution in [0.25, 0.3) is 11.3 Å². The number of rotatable bonds is 5. The smallest absolute Gasteiger partial charge is 0.452 e. The summed E-state index contributed by atoms with van der Waals surface area (Å²) in [5.41, 5.74) is -0.0943. The van der Waals surface area contributed by atoms with E-state index in [4.69, 9.17) is 16.3 Å². The highest BCUT2D eigenvalue weighted by Crippen LogP contribution is 2.42. The first-order valence-corrected chi connectivity index (χ1v) is 10.6. The number of aryl methyl sites for hydroxylation is 2. The molecule has 0 atom stereocenters. The minimum atomic E-state index is -4.74. The summed E-state index contributed by atoms with van der Waals surface area (Å²) in [6, 6.07) is 5.05. The van der Waals surface area contributed by atoms with Crippen molar-refractivity contribution in [1.29, 1.82) is 0 Å². The molecule has 0 saturated carbocycles. The third kappa shape index (κ3) is 4.21. The first kappa shape index (κ1) is 21.5. The average molecular weight is 467 g/mol. The zero-order chi connectivity index (χ0) is 21.6. The fraction of sp³-hybridized carbons (Fsp3) is 0.235. The molecule has 0 spiro atoms. The number of ether oxygens (including phenoxy) is 1. The Morgan fingerprint density at radius 1 is 1.21 bits per heavy atom. The van der Waals surface area contributed by atoms with Gasteiger partial charge in [-0.3, -0.25) is 4.72 Å². The molecule has 156 valence electrons. The molecule has 1 N–H and O–H groups in total. The Hall–Kier alpha value is -2.24. The van der Waals surface area contributed by atoms with Crippen molar-refractivity contribution in [3.8, 4) is 17.0 Å². The number of nitrogens with zero attached hydrogens (tertiary/aromatic N) is 1. The Morgan fingerprint density at radius 2 is 1.90 bits per heavy atom. The number of sulfonamides is 1. The number of alkyl halides is 3. The van der Waals surface area contributed by atoms with E-state index in [1.807, 2.05) is 0 Å². The standard InChI is InChI=1S/C17H14ClF3N2O4S2/c1-8-15(12-7-14(27-22-12)17(19,20)21)16(9(2)28-8)29(24,25)23-11-6-10(18)4-5-13(11)26-3/h4-7,23H,1-3H3. The highest BCUT2D eigenvalue weighted by molar-refractivity contribution is 7.93. The predicted octanol–water partition coefficient (Wildman–Crippen LogP) is 5.50. The molecule has 0 aliphatic carbocycles. The van der Waals surface area contributed by atoms with Gasteiger partial charge in [0.2, 0.25) is 5.76 Å². The van der Waals surface area contributed by atoms with Crippen LogP contribution in [-0.2, 0) is 16.2 Å². The number of benzene rings is 1. The van der Waals surface area contributed by atoms with Crippen LogP contribution < -0.4 is 9.46 Å². The van der Waals surface area contributed by atoms with Gasteiger partial charge in [-0.25, -0.2) is 8.42 Å². The molecule has 2 aromatic heterocycles. The average Bonchev–Trinajstić information content (AvgIpc) is 3.18. The molecule has 1 aromatic carbocycles. The monoisotopic (exact) mass is 466 g/mol. The number of anilines is 1. The van der Waals surface area contributed by atoms with Crippen LogP contribution in [0.4, 0.5) is 18.9 Å². The van der Waals surface area contributed by atoms with Crippen molar-refractivity contribution in [3.05, 3.63) is 44.8 Å². The van der Waals surface area contributed by atoms with E-state index in [0.717, 1.165) is 11.3 Å². The molecule has 6 nitrogen and oxygen atoms in total. The van der Waals surface area contributed by atoms with Crippen LogP contribution >= 0.6 is 22.9 Å². The molecule has 0 saturated heterocycles. The number of methoxy groups -OCH3 is 1. The van der Waals surface area contributed by atoms with Gasteiger partial charge in [0, 0.05) is 26.4 Å². The highest BCUT2D eigenvalue weighted by Gasteiger charge is 2.37. The van der Waals surface area contributed by atoms with Gasteiger partial charge in [-0.15, -0.1) is 11.3 Å². The quantitative estimate of drug-likeness (QED) is 0.536. The fourth-order valence-corrected chi connectivity index (χ4v) is 5.88. The maximum atomic E-state index is 13.1. The van der Waals surface area contributed by atoms with Gasteiger partial charge in [0.05, 0.1) is 12.8 Å². The van der Waals surface area contributed by atoms with Crippen LogP contribution in [0, 0.1) is 13.8 Å². The Labute approximate surface area is 173 Å². The van der Waals surface area contributed by atoms with Gasteiger partial charge >= 0.3 is 6.18 Å². The van der Waals surface area contributed by atoms with Crippen molar-refractivity contribution in [2.45, 2.75) is 24.9 Å². The van der Waals surface area contributed by atoms with Crippen LogP contribution in [0.5, 0.6) is 5.75 Å². The third-order valence-corrected chi connectivity index (χ3v) is 6.85. The normalized spacial score (nSPS) is 12.2. The number of thiophene rings is 1. The summed E-state index contributed by atoms with van der Waals surface area (Å²) in [7, 11) is -2.86. The van der Waals surface area contributed by atoms with Crippen LogP contribution in [0.1, 0.15) is 15.5 Å². The molecule has 2 heterocycles. The minimum Gasteiger partial charge on any atom is -0.495 e. The van der Waals surface area contributed by atoms with Gasteiger partial charge in [-0.2, -0.15) is 13.2 Å². The zero-order valence-corrected chi connectivity index (χ0v) is 17.6. The van der Waals surface area contributed by atoms with Gasteiger partial charge in [0.1, 0.15) is 16.3 Å². The second-order valence-electron chi connectivity index (χ2n) is 5.94. The van der Waals surface area contributed by atoms with E-state index in [9.17, 15) is 21.6 Å². The van der Waals surface area contributed by atoms with Crippen molar-refractivity contribution in [3.63, 3.8) is 0 Å². The Kier molecular flexibility index (Phi) is 5.58. The SMILES string of the molecule is COc1ccc(Cl)cc1NS(=O)(=O)c1c(C)sc(C)c1-c1cc(C(F)(F)F)on1. The lowest BCUT2D eigenvalue weighted by Gasteiger charge is -2.13. The van der Waals surface area contributed by atoms with E-state index in [1.165, 1.54) is 25.3 Å². The maximum absolute atomic E-state index is 13.1. The van der Waals surface area contributed by atoms with Gasteiger partial charge in [-0.05, 0) is 32.0 Å². The second-order valence-corrected chi connectivity index (χ2v) is 9.43. The largest absolute Gasteiger partial charge is 0.495 e. The summed E-state index contributed by atoms with van der Waals surface area (Å²) in [5.74, 6) is -1.09. The predicted molar refractivity (Wildman–Crippen MR) is 103 cm³/mol. The van der Waals surface area contributed by atoms with Gasteiger partial charge in [0.15, 0.2) is 0 Å². The summed E-state index contributed by atoms with van der Waals surface area (Å²) in [6.07, 6.45) is -4.74. The molecule has 0 bridgehead atoms. The number of aromatic nitrogens is 1. The molecule has 0 aliphatic rings. The fourth-order valence-electron chi connectivity index (χ4n) is 2.77. The topological polar surface area (TPSA) is 81.4 Å². The number of hydrogen-bond acceptors (Lipinski definition) is 6. The van der Waals surface area contributed by atoms with E-state index in [-0.39, 0.29) is 32.6 Å². The van der Waals surface area contributed by atoms with Crippen LogP contribution in [0.3, 0.4) is 0 Å². The second kappa shape index (κ2) is 7.54. The zero-order valence-electron chi connectivity index (χ0n) is 15.2. The molecule has 0 radical (unpaired) electrons. The number of nitrogens with one attached hydrogen (secondary N) is 1.